The molecule has 1 fully saturated rings. The van der Waals surface area contributed by atoms with Gasteiger partial charge in [-0.15, -0.1) is 12.4 Å². The Labute approximate surface area is 136 Å². The largest absolute Gasteiger partial charge is 0.491 e. The molecule has 0 aromatic heterocycles. The third kappa shape index (κ3) is 4.56. The van der Waals surface area contributed by atoms with Crippen molar-refractivity contribution in [1.29, 1.82) is 0 Å². The molecule has 5 nitrogen and oxygen atoms in total. The zero-order chi connectivity index (χ0) is 15.3. The zero-order valence-corrected chi connectivity index (χ0v) is 13.4. The Bertz CT molecular complexity index is 486. The fraction of sp³-hybridized carbons (Fsp3) is 0.533. The van der Waals surface area contributed by atoms with Gasteiger partial charge in [0.1, 0.15) is 23.8 Å². The summed E-state index contributed by atoms with van der Waals surface area (Å²) in [5.74, 6) is 0.189. The van der Waals surface area contributed by atoms with Crippen LogP contribution in [0.5, 0.6) is 5.75 Å². The minimum atomic E-state index is -0.544. The first-order valence-electron chi connectivity index (χ1n) is 7.00. The number of piperidine rings is 1. The van der Waals surface area contributed by atoms with E-state index in [-0.39, 0.29) is 30.7 Å². The average Bonchev–Trinajstić information content (AvgIpc) is 2.54. The number of likely N-dealkylation sites (tertiary alicyclic amines) is 1. The fourth-order valence-electron chi connectivity index (χ4n) is 2.53. The summed E-state index contributed by atoms with van der Waals surface area (Å²) in [7, 11) is 1.62. The Morgan fingerprint density at radius 2 is 2.09 bits per heavy atom. The second kappa shape index (κ2) is 8.31. The van der Waals surface area contributed by atoms with Crippen molar-refractivity contribution in [2.24, 2.45) is 5.73 Å². The molecule has 1 saturated heterocycles. The molecule has 22 heavy (non-hydrogen) atoms. The zero-order valence-electron chi connectivity index (χ0n) is 12.6. The number of methoxy groups -OCH3 is 1. The Balaban J connectivity index is 0.00000242. The van der Waals surface area contributed by atoms with Gasteiger partial charge < -0.3 is 20.1 Å². The second-order valence-electron chi connectivity index (χ2n) is 5.25. The van der Waals surface area contributed by atoms with E-state index in [4.69, 9.17) is 15.2 Å². The van der Waals surface area contributed by atoms with E-state index in [1.807, 2.05) is 0 Å². The maximum Gasteiger partial charge on any atom is 0.236 e. The first kappa shape index (κ1) is 18.7. The summed E-state index contributed by atoms with van der Waals surface area (Å²) >= 11 is 0. The van der Waals surface area contributed by atoms with E-state index in [1.165, 1.54) is 12.1 Å². The van der Waals surface area contributed by atoms with E-state index in [1.54, 1.807) is 24.1 Å². The van der Waals surface area contributed by atoms with Gasteiger partial charge in [-0.25, -0.2) is 4.39 Å². The molecule has 124 valence electrons. The lowest BCUT2D eigenvalue weighted by molar-refractivity contribution is -0.141. The molecule has 1 aliphatic heterocycles. The van der Waals surface area contributed by atoms with Gasteiger partial charge in [0.2, 0.25) is 5.91 Å². The first-order chi connectivity index (χ1) is 10.1. The number of carbonyl (C=O) groups excluding carboxylic acids is 1. The predicted molar refractivity (Wildman–Crippen MR) is 83.8 cm³/mol. The number of amides is 1. The summed E-state index contributed by atoms with van der Waals surface area (Å²) in [5.41, 5.74) is 4.87. The molecule has 2 N–H and O–H groups in total. The molecule has 1 amide bonds. The van der Waals surface area contributed by atoms with E-state index in [2.05, 4.69) is 0 Å². The minimum absolute atomic E-state index is 0. The fourth-order valence-corrected chi connectivity index (χ4v) is 2.53. The predicted octanol–water partition coefficient (Wildman–Crippen LogP) is 1.59. The average molecular weight is 333 g/mol. The van der Waals surface area contributed by atoms with Gasteiger partial charge in [-0.05, 0) is 37.1 Å². The monoisotopic (exact) mass is 332 g/mol. The van der Waals surface area contributed by atoms with Crippen molar-refractivity contribution in [1.82, 2.24) is 4.90 Å². The van der Waals surface area contributed by atoms with Crippen LogP contribution in [0.3, 0.4) is 0 Å². The molecule has 1 aromatic rings. The molecule has 1 aromatic carbocycles. The first-order valence-corrected chi connectivity index (χ1v) is 7.00. The third-order valence-corrected chi connectivity index (χ3v) is 3.82. The van der Waals surface area contributed by atoms with Crippen molar-refractivity contribution in [3.63, 3.8) is 0 Å². The van der Waals surface area contributed by atoms with E-state index in [0.717, 1.165) is 12.8 Å². The number of nitrogens with zero attached hydrogens (tertiary/aromatic N) is 1. The van der Waals surface area contributed by atoms with Crippen molar-refractivity contribution < 1.29 is 18.7 Å². The van der Waals surface area contributed by atoms with Crippen LogP contribution < -0.4 is 10.5 Å². The summed E-state index contributed by atoms with van der Waals surface area (Å²) in [6.07, 6.45) is 1.64. The normalized spacial score (nSPS) is 21.1. The van der Waals surface area contributed by atoms with Gasteiger partial charge in [0.15, 0.2) is 0 Å². The van der Waals surface area contributed by atoms with E-state index >= 15 is 0 Å². The van der Waals surface area contributed by atoms with Gasteiger partial charge in [0, 0.05) is 13.7 Å². The van der Waals surface area contributed by atoms with Gasteiger partial charge in [-0.1, -0.05) is 0 Å². The van der Waals surface area contributed by atoms with Gasteiger partial charge in [-0.3, -0.25) is 4.79 Å². The van der Waals surface area contributed by atoms with Gasteiger partial charge in [-0.2, -0.15) is 0 Å². The maximum atomic E-state index is 12.9. The Hall–Kier alpha value is -1.37. The Morgan fingerprint density at radius 3 is 2.68 bits per heavy atom. The van der Waals surface area contributed by atoms with Crippen molar-refractivity contribution in [2.45, 2.75) is 18.4 Å². The van der Waals surface area contributed by atoms with Crippen LogP contribution in [0.4, 0.5) is 4.39 Å². The van der Waals surface area contributed by atoms with Crippen LogP contribution in [-0.4, -0.2) is 49.8 Å². The number of rotatable bonds is 5. The molecule has 1 atom stereocenters. The lowest BCUT2D eigenvalue weighted by atomic mass is 9.93. The molecular weight excluding hydrogens is 311 g/mol. The second-order valence-corrected chi connectivity index (χ2v) is 5.25. The summed E-state index contributed by atoms with van der Waals surface area (Å²) in [5, 5.41) is 0. The quantitative estimate of drug-likeness (QED) is 0.889. The molecule has 1 heterocycles. The number of benzene rings is 1. The maximum absolute atomic E-state index is 12.9. The molecule has 0 radical (unpaired) electrons. The molecule has 2 rings (SSSR count). The molecule has 7 heteroatoms. The van der Waals surface area contributed by atoms with Crippen molar-refractivity contribution in [3.8, 4) is 5.75 Å². The number of carbonyl (C=O) groups is 1. The van der Waals surface area contributed by atoms with Crippen LogP contribution in [0.25, 0.3) is 0 Å². The molecule has 1 aliphatic rings. The molecule has 0 saturated carbocycles. The van der Waals surface area contributed by atoms with Gasteiger partial charge in [0.05, 0.1) is 13.1 Å². The number of halogens is 2. The lowest BCUT2D eigenvalue weighted by Crippen LogP contribution is -2.55. The summed E-state index contributed by atoms with van der Waals surface area (Å²) in [4.78, 5) is 13.5. The van der Waals surface area contributed by atoms with Crippen molar-refractivity contribution >= 4 is 18.3 Å². The highest BCUT2D eigenvalue weighted by molar-refractivity contribution is 5.85. The third-order valence-electron chi connectivity index (χ3n) is 3.82. The topological polar surface area (TPSA) is 64.8 Å². The highest BCUT2D eigenvalue weighted by Gasteiger charge is 2.37. The number of hydrogen-bond acceptors (Lipinski definition) is 4. The summed E-state index contributed by atoms with van der Waals surface area (Å²) in [6.45, 7) is 1.46. The number of nitrogens with two attached hydrogens (primary N) is 1. The van der Waals surface area contributed by atoms with Crippen LogP contribution in [0.1, 0.15) is 12.8 Å². The molecule has 0 aliphatic carbocycles. The smallest absolute Gasteiger partial charge is 0.236 e. The van der Waals surface area contributed by atoms with Crippen LogP contribution in [0, 0.1) is 5.82 Å². The Kier molecular flexibility index (Phi) is 7.06. The minimum Gasteiger partial charge on any atom is -0.491 e. The van der Waals surface area contributed by atoms with Gasteiger partial charge >= 0.3 is 0 Å². The summed E-state index contributed by atoms with van der Waals surface area (Å²) in [6, 6.07) is 5.84. The highest BCUT2D eigenvalue weighted by atomic mass is 35.5. The molecule has 0 spiro atoms. The summed E-state index contributed by atoms with van der Waals surface area (Å²) < 4.78 is 24.2. The molecular formula is C15H22ClFN2O3. The van der Waals surface area contributed by atoms with Crippen molar-refractivity contribution in [2.75, 3.05) is 33.4 Å². The van der Waals surface area contributed by atoms with E-state index in [0.29, 0.717) is 25.4 Å². The lowest BCUT2D eigenvalue weighted by Gasteiger charge is -2.41. The van der Waals surface area contributed by atoms with E-state index in [9.17, 15) is 9.18 Å². The molecule has 1 unspecified atom stereocenters. The molecule has 0 bridgehead atoms. The Morgan fingerprint density at radius 1 is 1.41 bits per heavy atom. The van der Waals surface area contributed by atoms with Gasteiger partial charge in [0.25, 0.3) is 0 Å². The van der Waals surface area contributed by atoms with Crippen LogP contribution in [-0.2, 0) is 9.53 Å². The number of ether oxygens (including phenoxy) is 2. The van der Waals surface area contributed by atoms with E-state index < -0.39 is 5.60 Å². The van der Waals surface area contributed by atoms with Crippen molar-refractivity contribution in [3.05, 3.63) is 30.1 Å². The number of hydrogen-bond donors (Lipinski definition) is 1. The highest BCUT2D eigenvalue weighted by Crippen LogP contribution is 2.26. The SMILES string of the molecule is COC1(COc2ccc(F)cc2)CCCN(C(=O)CN)C1.Cl. The standard InChI is InChI=1S/C15H21FN2O3.ClH/c1-20-15(7-2-8-18(10-15)14(19)9-17)11-21-13-5-3-12(16)4-6-13;/h3-6H,2,7-11,17H2,1H3;1H. The van der Waals surface area contributed by atoms with Crippen LogP contribution in [0.15, 0.2) is 24.3 Å². The van der Waals surface area contributed by atoms with Crippen LogP contribution >= 0.6 is 12.4 Å². The van der Waals surface area contributed by atoms with Crippen LogP contribution in [0.2, 0.25) is 0 Å².